The van der Waals surface area contributed by atoms with Crippen LogP contribution in [-0.2, 0) is 6.42 Å². The van der Waals surface area contributed by atoms with Crippen LogP contribution in [0.3, 0.4) is 0 Å². The number of rotatable bonds is 5. The summed E-state index contributed by atoms with van der Waals surface area (Å²) in [5.74, 6) is 1.79. The van der Waals surface area contributed by atoms with Crippen LogP contribution in [0.15, 0.2) is 30.3 Å². The van der Waals surface area contributed by atoms with Crippen LogP contribution in [0.2, 0.25) is 0 Å². The van der Waals surface area contributed by atoms with Gasteiger partial charge in [0.2, 0.25) is 0 Å². The summed E-state index contributed by atoms with van der Waals surface area (Å²) >= 11 is 0. The van der Waals surface area contributed by atoms with E-state index in [9.17, 15) is 4.39 Å². The molecule has 4 heteroatoms. The zero-order chi connectivity index (χ0) is 14.5. The fourth-order valence-electron chi connectivity index (χ4n) is 1.97. The molecular formula is C16H20FN3. The molecular weight excluding hydrogens is 253 g/mol. The molecule has 0 aliphatic heterocycles. The minimum atomic E-state index is -0.192. The number of nitrogens with zero attached hydrogens (tertiary/aromatic N) is 2. The summed E-state index contributed by atoms with van der Waals surface area (Å²) in [5.41, 5.74) is 1.93. The van der Waals surface area contributed by atoms with E-state index in [1.807, 2.05) is 19.1 Å². The number of anilines is 1. The number of aryl methyl sites for hydroxylation is 1. The molecule has 0 fully saturated rings. The quantitative estimate of drug-likeness (QED) is 0.902. The van der Waals surface area contributed by atoms with E-state index in [0.29, 0.717) is 5.92 Å². The lowest BCUT2D eigenvalue weighted by Gasteiger charge is -2.10. The van der Waals surface area contributed by atoms with E-state index >= 15 is 0 Å². The Morgan fingerprint density at radius 1 is 1.20 bits per heavy atom. The topological polar surface area (TPSA) is 37.8 Å². The Kier molecular flexibility index (Phi) is 4.66. The van der Waals surface area contributed by atoms with Crippen molar-refractivity contribution in [3.8, 4) is 0 Å². The molecule has 0 aliphatic carbocycles. The number of hydrogen-bond acceptors (Lipinski definition) is 3. The molecule has 0 saturated carbocycles. The van der Waals surface area contributed by atoms with Crippen LogP contribution < -0.4 is 5.32 Å². The Hall–Kier alpha value is -1.97. The van der Waals surface area contributed by atoms with Gasteiger partial charge in [-0.25, -0.2) is 14.4 Å². The molecule has 106 valence electrons. The highest BCUT2D eigenvalue weighted by molar-refractivity contribution is 5.36. The standard InChI is InChI=1S/C16H20FN3/c1-11(2)16-19-12(3)9-15(20-16)18-8-7-13-5-4-6-14(17)10-13/h4-6,9-11H,7-8H2,1-3H3,(H,18,19,20). The van der Waals surface area contributed by atoms with Crippen LogP contribution in [0, 0.1) is 12.7 Å². The molecule has 1 aromatic carbocycles. The first-order chi connectivity index (χ1) is 9.54. The van der Waals surface area contributed by atoms with Crippen molar-refractivity contribution < 1.29 is 4.39 Å². The molecule has 1 aromatic heterocycles. The van der Waals surface area contributed by atoms with Crippen molar-refractivity contribution in [3.63, 3.8) is 0 Å². The second-order valence-corrected chi connectivity index (χ2v) is 5.21. The molecule has 0 atom stereocenters. The number of benzene rings is 1. The maximum absolute atomic E-state index is 13.1. The van der Waals surface area contributed by atoms with Crippen molar-refractivity contribution in [1.29, 1.82) is 0 Å². The van der Waals surface area contributed by atoms with Gasteiger partial charge < -0.3 is 5.32 Å². The highest BCUT2D eigenvalue weighted by Crippen LogP contribution is 2.13. The van der Waals surface area contributed by atoms with Crippen molar-refractivity contribution >= 4 is 5.82 Å². The van der Waals surface area contributed by atoms with Crippen LogP contribution >= 0.6 is 0 Å². The van der Waals surface area contributed by atoms with Gasteiger partial charge in [0.05, 0.1) is 0 Å². The van der Waals surface area contributed by atoms with Crippen molar-refractivity contribution in [3.05, 3.63) is 53.2 Å². The molecule has 0 spiro atoms. The van der Waals surface area contributed by atoms with Crippen LogP contribution in [0.1, 0.15) is 36.8 Å². The average molecular weight is 273 g/mol. The summed E-state index contributed by atoms with van der Waals surface area (Å²) in [6.45, 7) is 6.83. The summed E-state index contributed by atoms with van der Waals surface area (Å²) in [6.07, 6.45) is 0.762. The van der Waals surface area contributed by atoms with Gasteiger partial charge in [-0.1, -0.05) is 26.0 Å². The lowest BCUT2D eigenvalue weighted by Crippen LogP contribution is -2.09. The second-order valence-electron chi connectivity index (χ2n) is 5.21. The van der Waals surface area contributed by atoms with Crippen LogP contribution in [0.25, 0.3) is 0 Å². The van der Waals surface area contributed by atoms with Gasteiger partial charge >= 0.3 is 0 Å². The Labute approximate surface area is 119 Å². The fourth-order valence-corrected chi connectivity index (χ4v) is 1.97. The van der Waals surface area contributed by atoms with Crippen molar-refractivity contribution in [2.45, 2.75) is 33.1 Å². The van der Waals surface area contributed by atoms with Gasteiger partial charge in [-0.3, -0.25) is 0 Å². The van der Waals surface area contributed by atoms with Crippen LogP contribution in [0.4, 0.5) is 10.2 Å². The van der Waals surface area contributed by atoms with E-state index < -0.39 is 0 Å². The maximum Gasteiger partial charge on any atom is 0.133 e. The summed E-state index contributed by atoms with van der Waals surface area (Å²) in [5, 5.41) is 3.28. The highest BCUT2D eigenvalue weighted by atomic mass is 19.1. The smallest absolute Gasteiger partial charge is 0.133 e. The van der Waals surface area contributed by atoms with Gasteiger partial charge in [0.1, 0.15) is 17.5 Å². The van der Waals surface area contributed by atoms with E-state index in [1.54, 1.807) is 12.1 Å². The first-order valence-corrected chi connectivity index (χ1v) is 6.88. The Balaban J connectivity index is 1.97. The zero-order valence-corrected chi connectivity index (χ0v) is 12.2. The number of hydrogen-bond donors (Lipinski definition) is 1. The third-order valence-corrected chi connectivity index (χ3v) is 3.00. The molecule has 1 heterocycles. The average Bonchev–Trinajstić information content (AvgIpc) is 2.38. The normalized spacial score (nSPS) is 10.8. The van der Waals surface area contributed by atoms with Gasteiger partial charge in [0.15, 0.2) is 0 Å². The minimum Gasteiger partial charge on any atom is -0.370 e. The Bertz CT molecular complexity index is 582. The predicted octanol–water partition coefficient (Wildman–Crippen LogP) is 3.70. The van der Waals surface area contributed by atoms with Gasteiger partial charge in [0.25, 0.3) is 0 Å². The summed E-state index contributed by atoms with van der Waals surface area (Å²) in [6, 6.07) is 8.61. The molecule has 1 N–H and O–H groups in total. The fraction of sp³-hybridized carbons (Fsp3) is 0.375. The summed E-state index contributed by atoms with van der Waals surface area (Å²) in [4.78, 5) is 8.90. The second kappa shape index (κ2) is 6.46. The Morgan fingerprint density at radius 2 is 2.00 bits per heavy atom. The summed E-state index contributed by atoms with van der Waals surface area (Å²) < 4.78 is 13.1. The summed E-state index contributed by atoms with van der Waals surface area (Å²) in [7, 11) is 0. The molecule has 20 heavy (non-hydrogen) atoms. The molecule has 2 aromatic rings. The first-order valence-electron chi connectivity index (χ1n) is 6.88. The number of nitrogens with one attached hydrogen (secondary N) is 1. The van der Waals surface area contributed by atoms with Crippen molar-refractivity contribution in [1.82, 2.24) is 9.97 Å². The zero-order valence-electron chi connectivity index (χ0n) is 12.2. The van der Waals surface area contributed by atoms with Gasteiger partial charge in [-0.2, -0.15) is 0 Å². The Morgan fingerprint density at radius 3 is 2.70 bits per heavy atom. The van der Waals surface area contributed by atoms with E-state index in [1.165, 1.54) is 6.07 Å². The van der Waals surface area contributed by atoms with E-state index in [0.717, 1.165) is 35.9 Å². The predicted molar refractivity (Wildman–Crippen MR) is 79.5 cm³/mol. The van der Waals surface area contributed by atoms with Gasteiger partial charge in [0, 0.05) is 24.2 Å². The molecule has 0 saturated heterocycles. The molecule has 3 nitrogen and oxygen atoms in total. The third-order valence-electron chi connectivity index (χ3n) is 3.00. The van der Waals surface area contributed by atoms with E-state index in [4.69, 9.17) is 0 Å². The highest BCUT2D eigenvalue weighted by Gasteiger charge is 2.05. The molecule has 2 rings (SSSR count). The van der Waals surface area contributed by atoms with Gasteiger partial charge in [-0.05, 0) is 31.0 Å². The van der Waals surface area contributed by atoms with Crippen LogP contribution in [0.5, 0.6) is 0 Å². The SMILES string of the molecule is Cc1cc(NCCc2cccc(F)c2)nc(C(C)C)n1. The van der Waals surface area contributed by atoms with Gasteiger partial charge in [-0.15, -0.1) is 0 Å². The largest absolute Gasteiger partial charge is 0.370 e. The number of halogens is 1. The van der Waals surface area contributed by atoms with Crippen molar-refractivity contribution in [2.75, 3.05) is 11.9 Å². The van der Waals surface area contributed by atoms with Crippen LogP contribution in [-0.4, -0.2) is 16.5 Å². The molecule has 0 amide bonds. The first kappa shape index (κ1) is 14.4. The van der Waals surface area contributed by atoms with E-state index in [2.05, 4.69) is 29.1 Å². The molecule has 0 radical (unpaired) electrons. The third kappa shape index (κ3) is 4.02. The molecule has 0 unspecified atom stereocenters. The lowest BCUT2D eigenvalue weighted by atomic mass is 10.1. The molecule has 0 aliphatic rings. The monoisotopic (exact) mass is 273 g/mol. The minimum absolute atomic E-state index is 0.192. The number of aromatic nitrogens is 2. The maximum atomic E-state index is 13.1. The molecule has 0 bridgehead atoms. The van der Waals surface area contributed by atoms with Crippen molar-refractivity contribution in [2.24, 2.45) is 0 Å². The lowest BCUT2D eigenvalue weighted by molar-refractivity contribution is 0.625. The van der Waals surface area contributed by atoms with E-state index in [-0.39, 0.29) is 5.82 Å².